The van der Waals surface area contributed by atoms with Crippen molar-refractivity contribution in [2.24, 2.45) is 0 Å². The second-order valence-electron chi connectivity index (χ2n) is 3.81. The lowest BCUT2D eigenvalue weighted by atomic mass is 10.2. The molecule has 0 heterocycles. The lowest BCUT2D eigenvalue weighted by Gasteiger charge is -2.07. The third-order valence-corrected chi connectivity index (χ3v) is 2.03. The van der Waals surface area contributed by atoms with Gasteiger partial charge in [0, 0.05) is 13.1 Å². The van der Waals surface area contributed by atoms with Gasteiger partial charge in [-0.15, -0.1) is 6.58 Å². The van der Waals surface area contributed by atoms with Crippen molar-refractivity contribution < 1.29 is 4.74 Å². The summed E-state index contributed by atoms with van der Waals surface area (Å²) in [5, 5.41) is 3.25. The van der Waals surface area contributed by atoms with E-state index in [-0.39, 0.29) is 0 Å². The Labute approximate surface area is 97.6 Å². The molecule has 0 saturated carbocycles. The van der Waals surface area contributed by atoms with Crippen LogP contribution < -0.4 is 10.1 Å². The quantitative estimate of drug-likeness (QED) is 0.560. The minimum atomic E-state index is 0.577. The number of benzene rings is 1. The van der Waals surface area contributed by atoms with Crippen molar-refractivity contribution in [1.82, 2.24) is 5.32 Å². The van der Waals surface area contributed by atoms with Crippen LogP contribution in [0.3, 0.4) is 0 Å². The topological polar surface area (TPSA) is 21.3 Å². The summed E-state index contributed by atoms with van der Waals surface area (Å²) in [6.45, 7) is 11.7. The maximum Gasteiger partial charge on any atom is 0.119 e. The molecule has 16 heavy (non-hydrogen) atoms. The van der Waals surface area contributed by atoms with E-state index in [1.54, 1.807) is 0 Å². The van der Waals surface area contributed by atoms with E-state index in [9.17, 15) is 0 Å². The van der Waals surface area contributed by atoms with Gasteiger partial charge in [-0.25, -0.2) is 0 Å². The molecule has 0 aromatic heterocycles. The largest absolute Gasteiger partial charge is 0.489 e. The molecule has 1 aromatic carbocycles. The van der Waals surface area contributed by atoms with E-state index in [0.29, 0.717) is 6.61 Å². The summed E-state index contributed by atoms with van der Waals surface area (Å²) in [6.07, 6.45) is 1.85. The summed E-state index contributed by atoms with van der Waals surface area (Å²) in [5.41, 5.74) is 2.27. The molecule has 0 fully saturated rings. The zero-order chi connectivity index (χ0) is 11.8. The van der Waals surface area contributed by atoms with E-state index < -0.39 is 0 Å². The number of nitrogens with one attached hydrogen (secondary N) is 1. The van der Waals surface area contributed by atoms with Crippen molar-refractivity contribution in [2.75, 3.05) is 13.2 Å². The Hall–Kier alpha value is -1.54. The average molecular weight is 217 g/mol. The molecule has 1 rings (SSSR count). The SMILES string of the molecule is C=CCNCc1ccc(OCC(=C)C)cc1. The first-order valence-electron chi connectivity index (χ1n) is 5.40. The Balaban J connectivity index is 2.41. The van der Waals surface area contributed by atoms with Crippen molar-refractivity contribution in [3.05, 3.63) is 54.6 Å². The highest BCUT2D eigenvalue weighted by molar-refractivity contribution is 5.27. The third-order valence-electron chi connectivity index (χ3n) is 2.03. The van der Waals surface area contributed by atoms with E-state index in [4.69, 9.17) is 4.74 Å². The summed E-state index contributed by atoms with van der Waals surface area (Å²) in [7, 11) is 0. The molecule has 0 unspecified atom stereocenters. The summed E-state index contributed by atoms with van der Waals surface area (Å²) in [6, 6.07) is 8.08. The van der Waals surface area contributed by atoms with Crippen LogP contribution in [0, 0.1) is 0 Å². The number of hydrogen-bond acceptors (Lipinski definition) is 2. The van der Waals surface area contributed by atoms with Crippen LogP contribution in [0.1, 0.15) is 12.5 Å². The molecule has 0 saturated heterocycles. The molecule has 0 amide bonds. The minimum absolute atomic E-state index is 0.577. The number of ether oxygens (including phenoxy) is 1. The van der Waals surface area contributed by atoms with Gasteiger partial charge in [0.15, 0.2) is 0 Å². The number of rotatable bonds is 7. The predicted molar refractivity (Wildman–Crippen MR) is 68.7 cm³/mol. The second kappa shape index (κ2) is 6.85. The van der Waals surface area contributed by atoms with Crippen molar-refractivity contribution in [2.45, 2.75) is 13.5 Å². The van der Waals surface area contributed by atoms with E-state index in [1.165, 1.54) is 5.56 Å². The van der Waals surface area contributed by atoms with Crippen LogP contribution in [0.15, 0.2) is 49.1 Å². The Morgan fingerprint density at radius 1 is 1.38 bits per heavy atom. The molecule has 0 spiro atoms. The Morgan fingerprint density at radius 3 is 2.62 bits per heavy atom. The van der Waals surface area contributed by atoms with Crippen LogP contribution in [0.4, 0.5) is 0 Å². The first kappa shape index (κ1) is 12.5. The molecule has 1 N–H and O–H groups in total. The Bertz CT molecular complexity index is 340. The van der Waals surface area contributed by atoms with E-state index >= 15 is 0 Å². The molecule has 0 aliphatic heterocycles. The summed E-state index contributed by atoms with van der Waals surface area (Å²) >= 11 is 0. The highest BCUT2D eigenvalue weighted by atomic mass is 16.5. The Kier molecular flexibility index (Phi) is 5.37. The molecule has 0 aliphatic rings. The van der Waals surface area contributed by atoms with Crippen molar-refractivity contribution in [1.29, 1.82) is 0 Å². The monoisotopic (exact) mass is 217 g/mol. The fourth-order valence-electron chi connectivity index (χ4n) is 1.23. The van der Waals surface area contributed by atoms with E-state index in [2.05, 4.69) is 30.6 Å². The first-order chi connectivity index (χ1) is 7.72. The van der Waals surface area contributed by atoms with Gasteiger partial charge in [-0.05, 0) is 30.2 Å². The van der Waals surface area contributed by atoms with Crippen LogP contribution in [0.25, 0.3) is 0 Å². The Morgan fingerprint density at radius 2 is 2.06 bits per heavy atom. The zero-order valence-corrected chi connectivity index (χ0v) is 9.83. The van der Waals surface area contributed by atoms with Crippen LogP contribution >= 0.6 is 0 Å². The van der Waals surface area contributed by atoms with Crippen LogP contribution in [-0.2, 0) is 6.54 Å². The van der Waals surface area contributed by atoms with Crippen molar-refractivity contribution >= 4 is 0 Å². The van der Waals surface area contributed by atoms with Crippen LogP contribution in [0.2, 0.25) is 0 Å². The molecular formula is C14H19NO. The smallest absolute Gasteiger partial charge is 0.119 e. The summed E-state index contributed by atoms with van der Waals surface area (Å²) < 4.78 is 5.51. The summed E-state index contributed by atoms with van der Waals surface area (Å²) in [4.78, 5) is 0. The van der Waals surface area contributed by atoms with E-state index in [1.807, 2.05) is 25.1 Å². The molecule has 0 aliphatic carbocycles. The van der Waals surface area contributed by atoms with Gasteiger partial charge in [0.25, 0.3) is 0 Å². The molecule has 2 nitrogen and oxygen atoms in total. The van der Waals surface area contributed by atoms with Gasteiger partial charge in [0.05, 0.1) is 0 Å². The van der Waals surface area contributed by atoms with Gasteiger partial charge in [-0.3, -0.25) is 0 Å². The summed E-state index contributed by atoms with van der Waals surface area (Å²) in [5.74, 6) is 0.885. The van der Waals surface area contributed by atoms with Gasteiger partial charge in [-0.1, -0.05) is 24.8 Å². The predicted octanol–water partition coefficient (Wildman–Crippen LogP) is 2.92. The molecule has 2 heteroatoms. The fourth-order valence-corrected chi connectivity index (χ4v) is 1.23. The number of hydrogen-bond donors (Lipinski definition) is 1. The van der Waals surface area contributed by atoms with Gasteiger partial charge in [-0.2, -0.15) is 0 Å². The lowest BCUT2D eigenvalue weighted by molar-refractivity contribution is 0.352. The van der Waals surface area contributed by atoms with Gasteiger partial charge >= 0.3 is 0 Å². The third kappa shape index (κ3) is 4.80. The zero-order valence-electron chi connectivity index (χ0n) is 9.83. The second-order valence-corrected chi connectivity index (χ2v) is 3.81. The van der Waals surface area contributed by atoms with Gasteiger partial charge in [0.2, 0.25) is 0 Å². The highest BCUT2D eigenvalue weighted by Crippen LogP contribution is 2.12. The normalized spacial score (nSPS) is 9.81. The molecule has 86 valence electrons. The average Bonchev–Trinajstić information content (AvgIpc) is 2.28. The maximum absolute atomic E-state index is 5.51. The first-order valence-corrected chi connectivity index (χ1v) is 5.40. The van der Waals surface area contributed by atoms with Crippen LogP contribution in [-0.4, -0.2) is 13.2 Å². The fraction of sp³-hybridized carbons (Fsp3) is 0.286. The van der Waals surface area contributed by atoms with E-state index in [0.717, 1.165) is 24.4 Å². The minimum Gasteiger partial charge on any atom is -0.489 e. The van der Waals surface area contributed by atoms with Gasteiger partial charge in [0.1, 0.15) is 12.4 Å². The molecule has 0 radical (unpaired) electrons. The molecule has 0 atom stereocenters. The van der Waals surface area contributed by atoms with Crippen molar-refractivity contribution in [3.8, 4) is 5.75 Å². The van der Waals surface area contributed by atoms with Crippen LogP contribution in [0.5, 0.6) is 5.75 Å². The molecule has 0 bridgehead atoms. The lowest BCUT2D eigenvalue weighted by Crippen LogP contribution is -2.12. The molecular weight excluding hydrogens is 198 g/mol. The maximum atomic E-state index is 5.51. The molecule has 1 aromatic rings. The van der Waals surface area contributed by atoms with Gasteiger partial charge < -0.3 is 10.1 Å². The highest BCUT2D eigenvalue weighted by Gasteiger charge is 1.95. The standard InChI is InChI=1S/C14H19NO/c1-4-9-15-10-13-5-7-14(8-6-13)16-11-12(2)3/h4-8,15H,1-2,9-11H2,3H3. The van der Waals surface area contributed by atoms with Crippen molar-refractivity contribution in [3.63, 3.8) is 0 Å².